The number of aryl methyl sites for hydroxylation is 2. The van der Waals surface area contributed by atoms with Crippen LogP contribution in [0.25, 0.3) is 0 Å². The highest BCUT2D eigenvalue weighted by atomic mass is 14.9. The summed E-state index contributed by atoms with van der Waals surface area (Å²) in [4.78, 5) is 0. The highest BCUT2D eigenvalue weighted by Crippen LogP contribution is 2.18. The first-order valence-electron chi connectivity index (χ1n) is 6.11. The molecule has 0 bridgehead atoms. The predicted molar refractivity (Wildman–Crippen MR) is 65.1 cm³/mol. The Morgan fingerprint density at radius 2 is 1.80 bits per heavy atom. The second-order valence-corrected chi connectivity index (χ2v) is 4.72. The Morgan fingerprint density at radius 1 is 1.13 bits per heavy atom. The quantitative estimate of drug-likeness (QED) is 0.796. The molecule has 0 unspecified atom stereocenters. The minimum Gasteiger partial charge on any atom is -0.317 e. The maximum Gasteiger partial charge on any atom is -0.00463 e. The Labute approximate surface area is 92.9 Å². The molecule has 1 nitrogen and oxygen atoms in total. The van der Waals surface area contributed by atoms with E-state index in [1.54, 1.807) is 0 Å². The third kappa shape index (κ3) is 3.35. The molecule has 2 rings (SSSR count). The van der Waals surface area contributed by atoms with E-state index in [4.69, 9.17) is 0 Å². The van der Waals surface area contributed by atoms with Crippen molar-refractivity contribution in [3.63, 3.8) is 0 Å². The van der Waals surface area contributed by atoms with Crippen LogP contribution < -0.4 is 5.32 Å². The molecule has 0 saturated carbocycles. The summed E-state index contributed by atoms with van der Waals surface area (Å²) in [6.07, 6.45) is 5.35. The van der Waals surface area contributed by atoms with E-state index in [0.717, 1.165) is 5.92 Å². The fourth-order valence-corrected chi connectivity index (χ4v) is 2.30. The largest absolute Gasteiger partial charge is 0.317 e. The van der Waals surface area contributed by atoms with Crippen LogP contribution in [0, 0.1) is 12.8 Å². The van der Waals surface area contributed by atoms with Gasteiger partial charge in [0.2, 0.25) is 0 Å². The number of nitrogens with one attached hydrogen (secondary N) is 1. The standard InChI is InChI=1S/C14H21N/c1-12-2-4-13(5-3-12)6-7-14-8-10-15-11-9-14/h2-5,14-15H,6-11H2,1H3. The third-order valence-electron chi connectivity index (χ3n) is 3.42. The van der Waals surface area contributed by atoms with Crippen LogP contribution >= 0.6 is 0 Å². The smallest absolute Gasteiger partial charge is 0.00463 e. The normalized spacial score (nSPS) is 17.9. The van der Waals surface area contributed by atoms with E-state index in [9.17, 15) is 0 Å². The lowest BCUT2D eigenvalue weighted by molar-refractivity contribution is 0.354. The molecule has 1 aliphatic heterocycles. The molecule has 1 N–H and O–H groups in total. The van der Waals surface area contributed by atoms with Crippen LogP contribution in [0.1, 0.15) is 30.4 Å². The molecular formula is C14H21N. The summed E-state index contributed by atoms with van der Waals surface area (Å²) < 4.78 is 0. The van der Waals surface area contributed by atoms with Crippen molar-refractivity contribution in [3.05, 3.63) is 35.4 Å². The molecule has 82 valence electrons. The molecule has 0 aromatic heterocycles. The van der Waals surface area contributed by atoms with Gasteiger partial charge in [-0.15, -0.1) is 0 Å². The maximum absolute atomic E-state index is 3.42. The Balaban J connectivity index is 1.79. The van der Waals surface area contributed by atoms with Crippen molar-refractivity contribution in [1.82, 2.24) is 5.32 Å². The molecule has 15 heavy (non-hydrogen) atoms. The van der Waals surface area contributed by atoms with Gasteiger partial charge in [0.15, 0.2) is 0 Å². The fraction of sp³-hybridized carbons (Fsp3) is 0.571. The van der Waals surface area contributed by atoms with E-state index in [1.165, 1.54) is 49.9 Å². The monoisotopic (exact) mass is 203 g/mol. The second kappa shape index (κ2) is 5.32. The van der Waals surface area contributed by atoms with Gasteiger partial charge < -0.3 is 5.32 Å². The van der Waals surface area contributed by atoms with Gasteiger partial charge in [-0.2, -0.15) is 0 Å². The summed E-state index contributed by atoms with van der Waals surface area (Å²) in [6, 6.07) is 8.99. The summed E-state index contributed by atoms with van der Waals surface area (Å²) >= 11 is 0. The Bertz CT molecular complexity index is 283. The first-order valence-corrected chi connectivity index (χ1v) is 6.11. The number of hydrogen-bond acceptors (Lipinski definition) is 1. The minimum absolute atomic E-state index is 0.951. The van der Waals surface area contributed by atoms with Crippen LogP contribution in [0.3, 0.4) is 0 Å². The Hall–Kier alpha value is -0.820. The summed E-state index contributed by atoms with van der Waals surface area (Å²) in [5.74, 6) is 0.951. The van der Waals surface area contributed by atoms with Crippen molar-refractivity contribution in [2.24, 2.45) is 5.92 Å². The molecule has 0 radical (unpaired) electrons. The zero-order valence-corrected chi connectivity index (χ0v) is 9.63. The van der Waals surface area contributed by atoms with Crippen molar-refractivity contribution >= 4 is 0 Å². The third-order valence-corrected chi connectivity index (χ3v) is 3.42. The highest BCUT2D eigenvalue weighted by molar-refractivity contribution is 5.21. The molecule has 1 heteroatoms. The molecule has 1 heterocycles. The van der Waals surface area contributed by atoms with Crippen LogP contribution in [-0.2, 0) is 6.42 Å². The first-order chi connectivity index (χ1) is 7.34. The van der Waals surface area contributed by atoms with E-state index in [-0.39, 0.29) is 0 Å². The van der Waals surface area contributed by atoms with Crippen molar-refractivity contribution < 1.29 is 0 Å². The summed E-state index contributed by atoms with van der Waals surface area (Å²) in [7, 11) is 0. The van der Waals surface area contributed by atoms with E-state index in [0.29, 0.717) is 0 Å². The zero-order chi connectivity index (χ0) is 10.5. The minimum atomic E-state index is 0.951. The lowest BCUT2D eigenvalue weighted by Crippen LogP contribution is -2.27. The van der Waals surface area contributed by atoms with Crippen molar-refractivity contribution in [1.29, 1.82) is 0 Å². The van der Waals surface area contributed by atoms with Gasteiger partial charge in [0, 0.05) is 0 Å². The van der Waals surface area contributed by atoms with Crippen LogP contribution in [0.5, 0.6) is 0 Å². The fourth-order valence-electron chi connectivity index (χ4n) is 2.30. The van der Waals surface area contributed by atoms with E-state index in [2.05, 4.69) is 36.5 Å². The predicted octanol–water partition coefficient (Wildman–Crippen LogP) is 2.93. The molecule has 0 aliphatic carbocycles. The number of benzene rings is 1. The zero-order valence-electron chi connectivity index (χ0n) is 9.63. The van der Waals surface area contributed by atoms with Crippen LogP contribution in [0.2, 0.25) is 0 Å². The number of rotatable bonds is 3. The van der Waals surface area contributed by atoms with Gasteiger partial charge in [-0.1, -0.05) is 29.8 Å². The van der Waals surface area contributed by atoms with Gasteiger partial charge in [-0.25, -0.2) is 0 Å². The van der Waals surface area contributed by atoms with Gasteiger partial charge in [-0.05, 0) is 57.2 Å². The maximum atomic E-state index is 3.42. The number of piperidine rings is 1. The SMILES string of the molecule is Cc1ccc(CCC2CCNCC2)cc1. The lowest BCUT2D eigenvalue weighted by atomic mass is 9.91. The van der Waals surface area contributed by atoms with Crippen molar-refractivity contribution in [2.75, 3.05) is 13.1 Å². The molecule has 0 amide bonds. The van der Waals surface area contributed by atoms with E-state index < -0.39 is 0 Å². The summed E-state index contributed by atoms with van der Waals surface area (Å²) in [5, 5.41) is 3.42. The first kappa shape index (κ1) is 10.7. The lowest BCUT2D eigenvalue weighted by Gasteiger charge is -2.22. The Morgan fingerprint density at radius 3 is 2.47 bits per heavy atom. The Kier molecular flexibility index (Phi) is 3.79. The second-order valence-electron chi connectivity index (χ2n) is 4.72. The molecule has 0 atom stereocenters. The van der Waals surface area contributed by atoms with Gasteiger partial charge in [0.1, 0.15) is 0 Å². The molecule has 1 aromatic carbocycles. The molecule has 1 saturated heterocycles. The van der Waals surface area contributed by atoms with Crippen LogP contribution in [0.15, 0.2) is 24.3 Å². The molecular weight excluding hydrogens is 182 g/mol. The van der Waals surface area contributed by atoms with Gasteiger partial charge in [0.25, 0.3) is 0 Å². The van der Waals surface area contributed by atoms with Gasteiger partial charge >= 0.3 is 0 Å². The van der Waals surface area contributed by atoms with Gasteiger partial charge in [-0.3, -0.25) is 0 Å². The van der Waals surface area contributed by atoms with E-state index in [1.807, 2.05) is 0 Å². The average Bonchev–Trinajstić information content (AvgIpc) is 2.30. The molecule has 0 spiro atoms. The topological polar surface area (TPSA) is 12.0 Å². The van der Waals surface area contributed by atoms with Crippen LogP contribution in [0.4, 0.5) is 0 Å². The number of hydrogen-bond donors (Lipinski definition) is 1. The molecule has 1 aliphatic rings. The summed E-state index contributed by atoms with van der Waals surface area (Å²) in [6.45, 7) is 4.59. The van der Waals surface area contributed by atoms with Crippen molar-refractivity contribution in [3.8, 4) is 0 Å². The molecule has 1 aromatic rings. The van der Waals surface area contributed by atoms with Crippen LogP contribution in [-0.4, -0.2) is 13.1 Å². The van der Waals surface area contributed by atoms with Crippen molar-refractivity contribution in [2.45, 2.75) is 32.6 Å². The summed E-state index contributed by atoms with van der Waals surface area (Å²) in [5.41, 5.74) is 2.86. The highest BCUT2D eigenvalue weighted by Gasteiger charge is 2.12. The molecule has 1 fully saturated rings. The van der Waals surface area contributed by atoms with Gasteiger partial charge in [0.05, 0.1) is 0 Å². The van der Waals surface area contributed by atoms with E-state index >= 15 is 0 Å². The average molecular weight is 203 g/mol.